The molecule has 7 heteroatoms. The van der Waals surface area contributed by atoms with E-state index in [1.807, 2.05) is 43.3 Å². The zero-order valence-corrected chi connectivity index (χ0v) is 19.7. The lowest BCUT2D eigenvalue weighted by Gasteiger charge is -2.33. The molecular formula is C25H33N3O3S. The minimum atomic E-state index is -3.67. The van der Waals surface area contributed by atoms with E-state index in [2.05, 4.69) is 4.90 Å². The van der Waals surface area contributed by atoms with E-state index in [0.29, 0.717) is 25.2 Å². The molecule has 2 aliphatic heterocycles. The zero-order valence-electron chi connectivity index (χ0n) is 18.9. The minimum absolute atomic E-state index is 0.181. The molecule has 0 bridgehead atoms. The maximum Gasteiger partial charge on any atom is 0.258 e. The summed E-state index contributed by atoms with van der Waals surface area (Å²) in [4.78, 5) is 17.6. The van der Waals surface area contributed by atoms with Crippen LogP contribution in [-0.4, -0.2) is 51.4 Å². The van der Waals surface area contributed by atoms with Gasteiger partial charge >= 0.3 is 0 Å². The van der Waals surface area contributed by atoms with Crippen molar-refractivity contribution in [3.63, 3.8) is 0 Å². The Kier molecular flexibility index (Phi) is 7.16. The summed E-state index contributed by atoms with van der Waals surface area (Å²) in [5.41, 5.74) is 1.95. The van der Waals surface area contributed by atoms with Gasteiger partial charge in [0.15, 0.2) is 0 Å². The predicted molar refractivity (Wildman–Crippen MR) is 129 cm³/mol. The number of rotatable bonds is 6. The zero-order chi connectivity index (χ0) is 22.6. The fraction of sp³-hybridized carbons (Fsp3) is 0.480. The summed E-state index contributed by atoms with van der Waals surface area (Å²) < 4.78 is 29.0. The first-order chi connectivity index (χ1) is 15.5. The van der Waals surface area contributed by atoms with E-state index in [4.69, 9.17) is 0 Å². The summed E-state index contributed by atoms with van der Waals surface area (Å²) in [5, 5.41) is 0. The highest BCUT2D eigenvalue weighted by atomic mass is 32.2. The molecule has 6 nitrogen and oxygen atoms in total. The topological polar surface area (TPSA) is 60.9 Å². The van der Waals surface area contributed by atoms with Crippen molar-refractivity contribution in [1.29, 1.82) is 0 Å². The van der Waals surface area contributed by atoms with Gasteiger partial charge in [-0.15, -0.1) is 0 Å². The van der Waals surface area contributed by atoms with Crippen molar-refractivity contribution in [2.45, 2.75) is 50.3 Å². The van der Waals surface area contributed by atoms with Crippen LogP contribution in [0.2, 0.25) is 0 Å². The van der Waals surface area contributed by atoms with Gasteiger partial charge in [-0.3, -0.25) is 4.79 Å². The van der Waals surface area contributed by atoms with Crippen LogP contribution in [0.1, 0.15) is 55.8 Å². The molecule has 2 aliphatic rings. The van der Waals surface area contributed by atoms with Crippen molar-refractivity contribution < 1.29 is 13.2 Å². The Morgan fingerprint density at radius 2 is 1.50 bits per heavy atom. The molecule has 4 rings (SSSR count). The van der Waals surface area contributed by atoms with Gasteiger partial charge in [-0.25, -0.2) is 8.42 Å². The third-order valence-corrected chi connectivity index (χ3v) is 8.39. The molecule has 0 saturated carbocycles. The SMILES string of the molecule is CCN(C(=O)c1ccc(N2CCCCC2)c(S(=O)(=O)N2CCCCC2)c1)c1ccccc1. The number of benzene rings is 2. The second kappa shape index (κ2) is 10.0. The summed E-state index contributed by atoms with van der Waals surface area (Å²) in [6.07, 6.45) is 6.11. The molecule has 0 N–H and O–H groups in total. The molecule has 0 aromatic heterocycles. The maximum atomic E-state index is 13.7. The normalized spacial score (nSPS) is 17.8. The number of amides is 1. The first-order valence-electron chi connectivity index (χ1n) is 11.8. The van der Waals surface area contributed by atoms with Gasteiger partial charge in [0.05, 0.1) is 5.69 Å². The number of hydrogen-bond acceptors (Lipinski definition) is 4. The van der Waals surface area contributed by atoms with Gasteiger partial charge in [0.2, 0.25) is 10.0 Å². The summed E-state index contributed by atoms with van der Waals surface area (Å²) in [5.74, 6) is -0.181. The number of sulfonamides is 1. The van der Waals surface area contributed by atoms with E-state index in [0.717, 1.165) is 56.6 Å². The first kappa shape index (κ1) is 22.8. The highest BCUT2D eigenvalue weighted by Gasteiger charge is 2.31. The van der Waals surface area contributed by atoms with E-state index in [-0.39, 0.29) is 10.8 Å². The number of para-hydroxylation sites is 1. The van der Waals surface area contributed by atoms with Crippen molar-refractivity contribution in [3.8, 4) is 0 Å². The van der Waals surface area contributed by atoms with Crippen LogP contribution in [0.15, 0.2) is 53.4 Å². The molecule has 2 aromatic carbocycles. The van der Waals surface area contributed by atoms with Gasteiger partial charge in [-0.1, -0.05) is 24.6 Å². The van der Waals surface area contributed by atoms with Gasteiger partial charge in [0.1, 0.15) is 4.90 Å². The Morgan fingerprint density at radius 3 is 2.12 bits per heavy atom. The third kappa shape index (κ3) is 4.69. The highest BCUT2D eigenvalue weighted by molar-refractivity contribution is 7.89. The second-order valence-corrected chi connectivity index (χ2v) is 10.5. The molecular weight excluding hydrogens is 422 g/mol. The molecule has 172 valence electrons. The molecule has 2 saturated heterocycles. The quantitative estimate of drug-likeness (QED) is 0.643. The van der Waals surface area contributed by atoms with Crippen molar-refractivity contribution >= 4 is 27.3 Å². The van der Waals surface area contributed by atoms with Crippen LogP contribution >= 0.6 is 0 Å². The molecule has 0 radical (unpaired) electrons. The van der Waals surface area contributed by atoms with Crippen LogP contribution in [0.5, 0.6) is 0 Å². The number of hydrogen-bond donors (Lipinski definition) is 0. The van der Waals surface area contributed by atoms with Crippen molar-refractivity contribution in [2.75, 3.05) is 42.5 Å². The van der Waals surface area contributed by atoms with Crippen molar-refractivity contribution in [1.82, 2.24) is 4.31 Å². The number of nitrogens with zero attached hydrogens (tertiary/aromatic N) is 3. The molecule has 0 aliphatic carbocycles. The Balaban J connectivity index is 1.75. The average molecular weight is 456 g/mol. The number of carbonyl (C=O) groups excluding carboxylic acids is 1. The smallest absolute Gasteiger partial charge is 0.258 e. The second-order valence-electron chi connectivity index (χ2n) is 8.58. The van der Waals surface area contributed by atoms with E-state index in [9.17, 15) is 13.2 Å². The molecule has 0 spiro atoms. The molecule has 2 heterocycles. The van der Waals surface area contributed by atoms with Crippen LogP contribution in [0, 0.1) is 0 Å². The lowest BCUT2D eigenvalue weighted by molar-refractivity contribution is 0.0988. The van der Waals surface area contributed by atoms with Gasteiger partial charge in [0.25, 0.3) is 5.91 Å². The number of piperidine rings is 2. The fourth-order valence-electron chi connectivity index (χ4n) is 4.70. The van der Waals surface area contributed by atoms with Crippen LogP contribution in [0.4, 0.5) is 11.4 Å². The Morgan fingerprint density at radius 1 is 0.875 bits per heavy atom. The summed E-state index contributed by atoms with van der Waals surface area (Å²) in [6, 6.07) is 14.7. The van der Waals surface area contributed by atoms with Crippen LogP contribution in [-0.2, 0) is 10.0 Å². The van der Waals surface area contributed by atoms with E-state index in [1.54, 1.807) is 21.3 Å². The lowest BCUT2D eigenvalue weighted by Crippen LogP contribution is -2.38. The maximum absolute atomic E-state index is 13.7. The van der Waals surface area contributed by atoms with E-state index < -0.39 is 10.0 Å². The van der Waals surface area contributed by atoms with Crippen molar-refractivity contribution in [3.05, 3.63) is 54.1 Å². The van der Waals surface area contributed by atoms with Crippen molar-refractivity contribution in [2.24, 2.45) is 0 Å². The van der Waals surface area contributed by atoms with Crippen LogP contribution < -0.4 is 9.80 Å². The minimum Gasteiger partial charge on any atom is -0.370 e. The number of anilines is 2. The molecule has 0 unspecified atom stereocenters. The molecule has 2 fully saturated rings. The molecule has 0 atom stereocenters. The first-order valence-corrected chi connectivity index (χ1v) is 13.2. The monoisotopic (exact) mass is 455 g/mol. The standard InChI is InChI=1S/C25H33N3O3S/c1-2-28(22-12-6-3-7-13-22)25(29)21-14-15-23(26-16-8-4-9-17-26)24(20-21)32(30,31)27-18-10-5-11-19-27/h3,6-7,12-15,20H,2,4-5,8-11,16-19H2,1H3. The van der Waals surface area contributed by atoms with Gasteiger partial charge < -0.3 is 9.80 Å². The Hall–Kier alpha value is -2.38. The Labute approximate surface area is 191 Å². The predicted octanol–water partition coefficient (Wildman–Crippen LogP) is 4.52. The fourth-order valence-corrected chi connectivity index (χ4v) is 6.46. The lowest BCUT2D eigenvalue weighted by atomic mass is 10.1. The van der Waals surface area contributed by atoms with Crippen LogP contribution in [0.25, 0.3) is 0 Å². The summed E-state index contributed by atoms with van der Waals surface area (Å²) in [6.45, 7) is 5.22. The van der Waals surface area contributed by atoms with E-state index >= 15 is 0 Å². The van der Waals surface area contributed by atoms with Gasteiger partial charge in [0, 0.05) is 44.0 Å². The van der Waals surface area contributed by atoms with Gasteiger partial charge in [-0.05, 0) is 69.4 Å². The largest absolute Gasteiger partial charge is 0.370 e. The molecule has 32 heavy (non-hydrogen) atoms. The highest BCUT2D eigenvalue weighted by Crippen LogP contribution is 2.33. The molecule has 1 amide bonds. The van der Waals surface area contributed by atoms with Gasteiger partial charge in [-0.2, -0.15) is 4.31 Å². The number of carbonyl (C=O) groups is 1. The van der Waals surface area contributed by atoms with Crippen LogP contribution in [0.3, 0.4) is 0 Å². The average Bonchev–Trinajstić information content (AvgIpc) is 2.86. The summed E-state index contributed by atoms with van der Waals surface area (Å²) >= 11 is 0. The summed E-state index contributed by atoms with van der Waals surface area (Å²) in [7, 11) is -3.67. The third-order valence-electron chi connectivity index (χ3n) is 6.47. The molecule has 2 aromatic rings. The van der Waals surface area contributed by atoms with E-state index in [1.165, 1.54) is 6.42 Å². The Bertz CT molecular complexity index is 1030.